The summed E-state index contributed by atoms with van der Waals surface area (Å²) in [4.78, 5) is 21.8. The van der Waals surface area contributed by atoms with Crippen LogP contribution in [0.2, 0.25) is 0 Å². The van der Waals surface area contributed by atoms with Gasteiger partial charge in [-0.05, 0) is 19.1 Å². The van der Waals surface area contributed by atoms with E-state index in [2.05, 4.69) is 5.32 Å². The maximum absolute atomic E-state index is 11.7. The third kappa shape index (κ3) is 2.85. The Morgan fingerprint density at radius 2 is 1.95 bits per heavy atom. The minimum Gasteiger partial charge on any atom is -0.428 e. The van der Waals surface area contributed by atoms with Gasteiger partial charge in [0.1, 0.15) is 5.76 Å². The third-order valence-electron chi connectivity index (χ3n) is 2.94. The fourth-order valence-corrected chi connectivity index (χ4v) is 1.73. The standard InChI is InChI=1S/C14H14N2O4/c1-3-12-8-13(9(2)14(17)20-12)15-10-4-6-11(7-5-10)16(18)19/h4-8,15H,3H2,1-2H3. The Hall–Kier alpha value is -2.63. The molecule has 20 heavy (non-hydrogen) atoms. The molecule has 6 nitrogen and oxygen atoms in total. The second-order valence-corrected chi connectivity index (χ2v) is 4.32. The highest BCUT2D eigenvalue weighted by Crippen LogP contribution is 2.22. The number of hydrogen-bond donors (Lipinski definition) is 1. The van der Waals surface area contributed by atoms with Gasteiger partial charge in [0.25, 0.3) is 5.69 Å². The summed E-state index contributed by atoms with van der Waals surface area (Å²) >= 11 is 0. The molecule has 2 rings (SSSR count). The predicted molar refractivity (Wildman–Crippen MR) is 75.5 cm³/mol. The second kappa shape index (κ2) is 5.56. The molecule has 0 spiro atoms. The lowest BCUT2D eigenvalue weighted by molar-refractivity contribution is -0.384. The van der Waals surface area contributed by atoms with E-state index in [0.29, 0.717) is 29.1 Å². The van der Waals surface area contributed by atoms with E-state index in [9.17, 15) is 14.9 Å². The van der Waals surface area contributed by atoms with E-state index in [1.165, 1.54) is 12.1 Å². The number of nitro groups is 1. The van der Waals surface area contributed by atoms with Crippen LogP contribution in [0.1, 0.15) is 18.2 Å². The molecule has 0 saturated carbocycles. The molecule has 0 bridgehead atoms. The topological polar surface area (TPSA) is 85.4 Å². The first kappa shape index (κ1) is 13.8. The normalized spacial score (nSPS) is 10.3. The van der Waals surface area contributed by atoms with Crippen molar-refractivity contribution in [3.63, 3.8) is 0 Å². The number of hydrogen-bond acceptors (Lipinski definition) is 5. The van der Waals surface area contributed by atoms with Crippen molar-refractivity contribution in [2.75, 3.05) is 5.32 Å². The molecule has 0 aliphatic carbocycles. The molecule has 6 heteroatoms. The van der Waals surface area contributed by atoms with Crippen molar-refractivity contribution in [2.24, 2.45) is 0 Å². The number of nitrogens with zero attached hydrogens (tertiary/aromatic N) is 1. The first-order valence-electron chi connectivity index (χ1n) is 6.16. The first-order valence-corrected chi connectivity index (χ1v) is 6.16. The van der Waals surface area contributed by atoms with Gasteiger partial charge in [-0.1, -0.05) is 6.92 Å². The van der Waals surface area contributed by atoms with Crippen LogP contribution < -0.4 is 10.9 Å². The van der Waals surface area contributed by atoms with Crippen LogP contribution >= 0.6 is 0 Å². The molecular formula is C14H14N2O4. The van der Waals surface area contributed by atoms with E-state index in [1.54, 1.807) is 25.1 Å². The van der Waals surface area contributed by atoms with E-state index in [-0.39, 0.29) is 11.3 Å². The average Bonchev–Trinajstić information content (AvgIpc) is 2.44. The van der Waals surface area contributed by atoms with E-state index < -0.39 is 4.92 Å². The minimum absolute atomic E-state index is 0.0223. The molecule has 104 valence electrons. The van der Waals surface area contributed by atoms with Crippen molar-refractivity contribution in [1.29, 1.82) is 0 Å². The molecule has 0 atom stereocenters. The van der Waals surface area contributed by atoms with Gasteiger partial charge < -0.3 is 9.73 Å². The minimum atomic E-state index is -0.457. The first-order chi connectivity index (χ1) is 9.51. The van der Waals surface area contributed by atoms with Crippen LogP contribution in [0.25, 0.3) is 0 Å². The van der Waals surface area contributed by atoms with Gasteiger partial charge >= 0.3 is 5.63 Å². The Morgan fingerprint density at radius 1 is 1.30 bits per heavy atom. The quantitative estimate of drug-likeness (QED) is 0.683. The van der Waals surface area contributed by atoms with Crippen molar-refractivity contribution in [3.8, 4) is 0 Å². The van der Waals surface area contributed by atoms with Gasteiger partial charge in [0.2, 0.25) is 0 Å². The van der Waals surface area contributed by atoms with Gasteiger partial charge in [0.05, 0.1) is 16.2 Å². The fourth-order valence-electron chi connectivity index (χ4n) is 1.73. The third-order valence-corrected chi connectivity index (χ3v) is 2.94. The lowest BCUT2D eigenvalue weighted by atomic mass is 10.2. The van der Waals surface area contributed by atoms with Crippen molar-refractivity contribution in [1.82, 2.24) is 0 Å². The molecule has 0 fully saturated rings. The second-order valence-electron chi connectivity index (χ2n) is 4.32. The van der Waals surface area contributed by atoms with Crippen LogP contribution in [-0.4, -0.2) is 4.92 Å². The van der Waals surface area contributed by atoms with Crippen LogP contribution in [0.5, 0.6) is 0 Å². The predicted octanol–water partition coefficient (Wildman–Crippen LogP) is 3.16. The largest absolute Gasteiger partial charge is 0.428 e. The number of non-ortho nitro benzene ring substituents is 1. The average molecular weight is 274 g/mol. The van der Waals surface area contributed by atoms with Gasteiger partial charge in [-0.15, -0.1) is 0 Å². The smallest absolute Gasteiger partial charge is 0.340 e. The van der Waals surface area contributed by atoms with Crippen molar-refractivity contribution in [2.45, 2.75) is 20.3 Å². The summed E-state index contributed by atoms with van der Waals surface area (Å²) in [5, 5.41) is 13.7. The van der Waals surface area contributed by atoms with E-state index >= 15 is 0 Å². The van der Waals surface area contributed by atoms with Crippen LogP contribution in [0.15, 0.2) is 39.5 Å². The molecule has 0 aliphatic heterocycles. The molecule has 1 aromatic heterocycles. The molecule has 0 radical (unpaired) electrons. The Kier molecular flexibility index (Phi) is 3.84. The molecule has 1 N–H and O–H groups in total. The highest BCUT2D eigenvalue weighted by Gasteiger charge is 2.08. The lowest BCUT2D eigenvalue weighted by Crippen LogP contribution is -2.08. The lowest BCUT2D eigenvalue weighted by Gasteiger charge is -2.09. The number of aryl methyl sites for hydroxylation is 1. The Morgan fingerprint density at radius 3 is 2.50 bits per heavy atom. The summed E-state index contributed by atoms with van der Waals surface area (Å²) in [6.45, 7) is 3.56. The molecule has 1 aromatic carbocycles. The van der Waals surface area contributed by atoms with Gasteiger partial charge in [0.15, 0.2) is 0 Å². The highest BCUT2D eigenvalue weighted by molar-refractivity contribution is 5.63. The van der Waals surface area contributed by atoms with Gasteiger partial charge in [-0.3, -0.25) is 10.1 Å². The maximum atomic E-state index is 11.7. The molecule has 2 aromatic rings. The zero-order valence-electron chi connectivity index (χ0n) is 11.2. The Bertz CT molecular complexity index is 689. The Labute approximate surface area is 115 Å². The van der Waals surface area contributed by atoms with E-state index in [1.807, 2.05) is 6.92 Å². The van der Waals surface area contributed by atoms with Gasteiger partial charge in [0, 0.05) is 30.3 Å². The number of nitro benzene ring substituents is 1. The Balaban J connectivity index is 2.32. The van der Waals surface area contributed by atoms with E-state index in [4.69, 9.17) is 4.42 Å². The number of rotatable bonds is 4. The number of anilines is 2. The molecule has 0 saturated heterocycles. The SMILES string of the molecule is CCc1cc(Nc2ccc([N+](=O)[O-])cc2)c(C)c(=O)o1. The van der Waals surface area contributed by atoms with Crippen LogP contribution in [0, 0.1) is 17.0 Å². The highest BCUT2D eigenvalue weighted by atomic mass is 16.6. The van der Waals surface area contributed by atoms with Gasteiger partial charge in [-0.25, -0.2) is 4.79 Å². The number of nitrogens with one attached hydrogen (secondary N) is 1. The summed E-state index contributed by atoms with van der Waals surface area (Å²) in [5.74, 6) is 0.588. The monoisotopic (exact) mass is 274 g/mol. The van der Waals surface area contributed by atoms with Gasteiger partial charge in [-0.2, -0.15) is 0 Å². The zero-order chi connectivity index (χ0) is 14.7. The molecule has 0 unspecified atom stereocenters. The summed E-state index contributed by atoms with van der Waals surface area (Å²) in [6.07, 6.45) is 0.616. The summed E-state index contributed by atoms with van der Waals surface area (Å²) in [7, 11) is 0. The maximum Gasteiger partial charge on any atom is 0.340 e. The van der Waals surface area contributed by atoms with Crippen LogP contribution in [0.3, 0.4) is 0 Å². The zero-order valence-corrected chi connectivity index (χ0v) is 11.2. The van der Waals surface area contributed by atoms with E-state index in [0.717, 1.165) is 0 Å². The molecule has 0 aliphatic rings. The number of benzene rings is 1. The fraction of sp³-hybridized carbons (Fsp3) is 0.214. The van der Waals surface area contributed by atoms with Crippen LogP contribution in [0.4, 0.5) is 17.1 Å². The van der Waals surface area contributed by atoms with Crippen molar-refractivity contribution < 1.29 is 9.34 Å². The summed E-state index contributed by atoms with van der Waals surface area (Å²) < 4.78 is 5.10. The van der Waals surface area contributed by atoms with Crippen molar-refractivity contribution >= 4 is 17.1 Å². The summed E-state index contributed by atoms with van der Waals surface area (Å²) in [5.41, 5.74) is 1.43. The van der Waals surface area contributed by atoms with Crippen LogP contribution in [-0.2, 0) is 6.42 Å². The summed E-state index contributed by atoms with van der Waals surface area (Å²) in [6, 6.07) is 7.77. The molecular weight excluding hydrogens is 260 g/mol. The molecule has 0 amide bonds. The molecule has 1 heterocycles. The van der Waals surface area contributed by atoms with Crippen molar-refractivity contribution in [3.05, 3.63) is 62.2 Å².